The van der Waals surface area contributed by atoms with Crippen LogP contribution in [-0.2, 0) is 16.1 Å². The van der Waals surface area contributed by atoms with E-state index in [0.717, 1.165) is 20.1 Å². The fraction of sp³-hybridized carbons (Fsp3) is 0.720. The molecule has 38 heavy (non-hydrogen) atoms. The van der Waals surface area contributed by atoms with Crippen molar-refractivity contribution in [2.45, 2.75) is 95.7 Å². The molecule has 0 unspecified atom stereocenters. The number of rotatable bonds is 9. The summed E-state index contributed by atoms with van der Waals surface area (Å²) in [6.45, 7) is 9.24. The highest BCUT2D eigenvalue weighted by Crippen LogP contribution is 2.59. The number of amidine groups is 1. The Hall–Kier alpha value is -2.93. The number of hydrogen-bond donors (Lipinski definition) is 4. The first-order valence-corrected chi connectivity index (χ1v) is 17.1. The molecule has 0 atom stereocenters. The maximum absolute atomic E-state index is 13.2. The molecule has 0 bridgehead atoms. The number of ether oxygens (including phenoxy) is 1. The molecule has 3 amide bonds. The second-order valence-electron chi connectivity index (χ2n) is 12.4. The van der Waals surface area contributed by atoms with Gasteiger partial charge in [0.1, 0.15) is 23.7 Å². The normalized spacial score (nSPS) is 27.2. The van der Waals surface area contributed by atoms with Crippen LogP contribution in [0.15, 0.2) is 9.59 Å². The molecule has 13 heteroatoms. The molecule has 1 aliphatic heterocycles. The van der Waals surface area contributed by atoms with Crippen molar-refractivity contribution in [2.24, 2.45) is 11.1 Å². The summed E-state index contributed by atoms with van der Waals surface area (Å²) in [5.41, 5.74) is 2.81. The lowest BCUT2D eigenvalue weighted by Crippen LogP contribution is -2.63. The minimum Gasteiger partial charge on any atom is -0.494 e. The Morgan fingerprint density at radius 1 is 1.18 bits per heavy atom. The summed E-state index contributed by atoms with van der Waals surface area (Å²) in [5, 5.41) is 21.1. The number of imide groups is 1. The highest BCUT2D eigenvalue weighted by Gasteiger charge is 2.64. The number of nitrogens with one attached hydrogen (secondary N) is 2. The summed E-state index contributed by atoms with van der Waals surface area (Å²) in [6.07, 6.45) is 4.03. The van der Waals surface area contributed by atoms with E-state index in [9.17, 15) is 24.3 Å². The van der Waals surface area contributed by atoms with E-state index >= 15 is 0 Å². The first kappa shape index (κ1) is 28.1. The molecule has 210 valence electrons. The number of nitrogens with zero attached hydrogens (tertiary/aromatic N) is 3. The summed E-state index contributed by atoms with van der Waals surface area (Å²) in [7, 11) is -1.28. The molecule has 2 aliphatic carbocycles. The number of amides is 3. The van der Waals surface area contributed by atoms with Crippen LogP contribution < -0.4 is 22.3 Å². The molecule has 12 nitrogen and oxygen atoms in total. The molecular formula is C25H40N6O6Si. The average molecular weight is 549 g/mol. The van der Waals surface area contributed by atoms with Crippen molar-refractivity contribution < 1.29 is 19.4 Å². The topological polar surface area (TPSA) is 173 Å². The SMILES string of the molecule is CCCn1c(O)c(C(=N)N)c(=O)n(C2CCC3(CC2)CC2(C3)NC(=O)N(COCC[Si](C)(C)C)C2=O)c1=O. The van der Waals surface area contributed by atoms with E-state index in [-0.39, 0.29) is 30.2 Å². The lowest BCUT2D eigenvalue weighted by atomic mass is 9.51. The van der Waals surface area contributed by atoms with Crippen LogP contribution in [-0.4, -0.2) is 63.9 Å². The molecular weight excluding hydrogens is 508 g/mol. The molecule has 1 saturated heterocycles. The maximum atomic E-state index is 13.2. The molecule has 1 aromatic rings. The van der Waals surface area contributed by atoms with E-state index < -0.39 is 48.7 Å². The molecule has 1 aromatic heterocycles. The average Bonchev–Trinajstić information content (AvgIpc) is 3.04. The van der Waals surface area contributed by atoms with Crippen LogP contribution in [0, 0.1) is 10.8 Å². The molecule has 5 N–H and O–H groups in total. The minimum absolute atomic E-state index is 0.0434. The van der Waals surface area contributed by atoms with Crippen molar-refractivity contribution in [1.29, 1.82) is 5.41 Å². The van der Waals surface area contributed by atoms with Crippen LogP contribution in [0.25, 0.3) is 0 Å². The van der Waals surface area contributed by atoms with Gasteiger partial charge in [0.25, 0.3) is 11.5 Å². The summed E-state index contributed by atoms with van der Waals surface area (Å²) >= 11 is 0. The summed E-state index contributed by atoms with van der Waals surface area (Å²) in [5.74, 6) is -1.39. The number of carbonyl (C=O) groups excluding carboxylic acids is 2. The first-order chi connectivity index (χ1) is 17.7. The van der Waals surface area contributed by atoms with Gasteiger partial charge in [-0.2, -0.15) is 0 Å². The number of urea groups is 1. The zero-order chi connectivity index (χ0) is 28.0. The molecule has 0 radical (unpaired) electrons. The monoisotopic (exact) mass is 548 g/mol. The van der Waals surface area contributed by atoms with Gasteiger partial charge in [0.15, 0.2) is 0 Å². The van der Waals surface area contributed by atoms with Gasteiger partial charge in [0, 0.05) is 27.3 Å². The van der Waals surface area contributed by atoms with Crippen LogP contribution in [0.2, 0.25) is 25.7 Å². The zero-order valence-corrected chi connectivity index (χ0v) is 23.8. The van der Waals surface area contributed by atoms with E-state index in [0.29, 0.717) is 51.6 Å². The van der Waals surface area contributed by atoms with E-state index in [2.05, 4.69) is 25.0 Å². The smallest absolute Gasteiger partial charge is 0.334 e. The highest BCUT2D eigenvalue weighted by atomic mass is 28.3. The molecule has 4 rings (SSSR count). The third kappa shape index (κ3) is 4.93. The maximum Gasteiger partial charge on any atom is 0.334 e. The predicted molar refractivity (Wildman–Crippen MR) is 144 cm³/mol. The van der Waals surface area contributed by atoms with Crippen molar-refractivity contribution in [3.05, 3.63) is 26.4 Å². The largest absolute Gasteiger partial charge is 0.494 e. The summed E-state index contributed by atoms with van der Waals surface area (Å²) in [6, 6.07) is 0.132. The van der Waals surface area contributed by atoms with E-state index in [1.807, 2.05) is 6.92 Å². The van der Waals surface area contributed by atoms with Crippen molar-refractivity contribution in [3.8, 4) is 5.88 Å². The van der Waals surface area contributed by atoms with Crippen LogP contribution in [0.3, 0.4) is 0 Å². The molecule has 3 aliphatic rings. The summed E-state index contributed by atoms with van der Waals surface area (Å²) < 4.78 is 7.89. The fourth-order valence-electron chi connectivity index (χ4n) is 6.26. The van der Waals surface area contributed by atoms with E-state index in [4.69, 9.17) is 15.9 Å². The van der Waals surface area contributed by atoms with E-state index in [1.165, 1.54) is 0 Å². The van der Waals surface area contributed by atoms with E-state index in [1.54, 1.807) is 0 Å². The number of aromatic nitrogens is 2. The van der Waals surface area contributed by atoms with Crippen LogP contribution in [0.1, 0.15) is 63.5 Å². The Bertz CT molecular complexity index is 1250. The van der Waals surface area contributed by atoms with Gasteiger partial charge in [-0.05, 0) is 56.4 Å². The van der Waals surface area contributed by atoms with Gasteiger partial charge in [-0.1, -0.05) is 26.6 Å². The van der Waals surface area contributed by atoms with Gasteiger partial charge >= 0.3 is 11.7 Å². The summed E-state index contributed by atoms with van der Waals surface area (Å²) in [4.78, 5) is 53.1. The number of nitrogen functional groups attached to an aromatic ring is 1. The Labute approximate surface area is 222 Å². The standard InChI is InChI=1S/C25H40N6O6Si/c1-5-10-29-19(32)17(18(26)27)20(33)31(23(29)36)16-6-8-24(9-7-16)13-25(14-24)21(34)30(22(35)28-25)15-37-11-12-38(2,3)4/h16,32H,5-15H2,1-4H3,(H3,26,27)(H,28,35). The Kier molecular flexibility index (Phi) is 7.38. The Morgan fingerprint density at radius 3 is 2.37 bits per heavy atom. The quantitative estimate of drug-likeness (QED) is 0.120. The second-order valence-corrected chi connectivity index (χ2v) is 18.0. The van der Waals surface area contributed by atoms with Crippen molar-refractivity contribution in [3.63, 3.8) is 0 Å². The molecule has 2 heterocycles. The van der Waals surface area contributed by atoms with Gasteiger partial charge in [0.05, 0.1) is 0 Å². The third-order valence-electron chi connectivity index (χ3n) is 8.26. The van der Waals surface area contributed by atoms with Gasteiger partial charge in [-0.15, -0.1) is 0 Å². The minimum atomic E-state index is -1.28. The van der Waals surface area contributed by atoms with Crippen LogP contribution in [0.5, 0.6) is 5.88 Å². The Morgan fingerprint density at radius 2 is 1.82 bits per heavy atom. The lowest BCUT2D eigenvalue weighted by molar-refractivity contribution is -0.145. The predicted octanol–water partition coefficient (Wildman–Crippen LogP) is 1.91. The lowest BCUT2D eigenvalue weighted by Gasteiger charge is -2.55. The zero-order valence-electron chi connectivity index (χ0n) is 22.8. The van der Waals surface area contributed by atoms with Crippen molar-refractivity contribution in [2.75, 3.05) is 13.3 Å². The molecule has 3 fully saturated rings. The van der Waals surface area contributed by atoms with Gasteiger partial charge in [0.2, 0.25) is 5.88 Å². The van der Waals surface area contributed by atoms with Crippen LogP contribution >= 0.6 is 0 Å². The molecule has 0 aromatic carbocycles. The number of aromatic hydroxyl groups is 1. The fourth-order valence-corrected chi connectivity index (χ4v) is 7.02. The van der Waals surface area contributed by atoms with Gasteiger partial charge in [-0.25, -0.2) is 14.5 Å². The van der Waals surface area contributed by atoms with Crippen molar-refractivity contribution in [1.82, 2.24) is 19.4 Å². The third-order valence-corrected chi connectivity index (χ3v) is 9.97. The van der Waals surface area contributed by atoms with Gasteiger partial charge < -0.3 is 20.9 Å². The number of carbonyl (C=O) groups is 2. The Balaban J connectivity index is 1.43. The number of nitrogens with two attached hydrogens (primary N) is 1. The second kappa shape index (κ2) is 9.99. The molecule has 2 saturated carbocycles. The first-order valence-electron chi connectivity index (χ1n) is 13.4. The van der Waals surface area contributed by atoms with Gasteiger partial charge in [-0.3, -0.25) is 24.1 Å². The highest BCUT2D eigenvalue weighted by molar-refractivity contribution is 6.76. The number of hydrogen-bond acceptors (Lipinski definition) is 7. The van der Waals surface area contributed by atoms with Crippen molar-refractivity contribution >= 4 is 25.8 Å². The molecule has 2 spiro atoms. The van der Waals surface area contributed by atoms with Crippen LogP contribution in [0.4, 0.5) is 4.79 Å².